The molecule has 0 heterocycles. The van der Waals surface area contributed by atoms with E-state index in [2.05, 4.69) is 0 Å². The van der Waals surface area contributed by atoms with E-state index in [4.69, 9.17) is 0 Å². The summed E-state index contributed by atoms with van der Waals surface area (Å²) in [6, 6.07) is 0. The number of hydrogen-bond donors (Lipinski definition) is 1. The van der Waals surface area contributed by atoms with Crippen molar-refractivity contribution in [3.05, 3.63) is 0 Å². The Hall–Kier alpha value is 0.340. The first-order chi connectivity index (χ1) is 7.58. The monoisotopic (exact) mass is 388 g/mol. The van der Waals surface area contributed by atoms with Crippen molar-refractivity contribution in [3.8, 4) is 0 Å². The average Bonchev–Trinajstić information content (AvgIpc) is 1.95. The number of rotatable bonds is 5. The predicted molar refractivity (Wildman–Crippen MR) is 68.1 cm³/mol. The fourth-order valence-electron chi connectivity index (χ4n) is 1.84. The molecular formula is C11H18F5IO. The zero-order valence-electron chi connectivity index (χ0n) is 10.7. The molecule has 0 rings (SSSR count). The minimum absolute atomic E-state index is 0.140. The normalized spacial score (nSPS) is 16.8. The lowest BCUT2D eigenvalue weighted by Crippen LogP contribution is -2.43. The van der Waals surface area contributed by atoms with E-state index in [0.29, 0.717) is 0 Å². The Labute approximate surface area is 117 Å². The Balaban J connectivity index is 4.82. The summed E-state index contributed by atoms with van der Waals surface area (Å²) in [6.45, 7) is 6.16. The summed E-state index contributed by atoms with van der Waals surface area (Å²) >= 11 is 1.60. The minimum atomic E-state index is -5.53. The Morgan fingerprint density at radius 2 is 1.39 bits per heavy atom. The summed E-state index contributed by atoms with van der Waals surface area (Å²) in [7, 11) is 0. The van der Waals surface area contributed by atoms with Crippen molar-refractivity contribution in [2.75, 3.05) is 0 Å². The second kappa shape index (κ2) is 5.38. The van der Waals surface area contributed by atoms with E-state index < -0.39 is 33.5 Å². The van der Waals surface area contributed by atoms with E-state index in [0.717, 1.165) is 0 Å². The Kier molecular flexibility index (Phi) is 5.48. The standard InChI is InChI=1S/C11H18F5IO/c1-8(2,6-9(3,4)18)7(17)5-10(12,13)11(14,15)16/h7,18H,5-6H2,1-4H3. The first-order valence-electron chi connectivity index (χ1n) is 5.39. The molecule has 0 amide bonds. The zero-order chi connectivity index (χ0) is 15.0. The van der Waals surface area contributed by atoms with Gasteiger partial charge >= 0.3 is 12.1 Å². The van der Waals surface area contributed by atoms with Crippen LogP contribution in [0.25, 0.3) is 0 Å². The lowest BCUT2D eigenvalue weighted by molar-refractivity contribution is -0.285. The summed E-state index contributed by atoms with van der Waals surface area (Å²) in [4.78, 5) is 0. The van der Waals surface area contributed by atoms with E-state index in [1.165, 1.54) is 13.8 Å². The van der Waals surface area contributed by atoms with Crippen LogP contribution in [-0.4, -0.2) is 26.7 Å². The Morgan fingerprint density at radius 3 is 1.67 bits per heavy atom. The Bertz CT molecular complexity index is 280. The SMILES string of the molecule is CC(C)(O)CC(C)(C)C(I)CC(F)(F)C(F)(F)F. The summed E-state index contributed by atoms with van der Waals surface area (Å²) in [6.07, 6.45) is -6.66. The molecule has 1 atom stereocenters. The molecule has 0 radical (unpaired) electrons. The largest absolute Gasteiger partial charge is 0.453 e. The predicted octanol–water partition coefficient (Wildman–Crippen LogP) is 4.56. The van der Waals surface area contributed by atoms with E-state index in [1.54, 1.807) is 36.4 Å². The van der Waals surface area contributed by atoms with Crippen LogP contribution in [0.2, 0.25) is 0 Å². The topological polar surface area (TPSA) is 20.2 Å². The third-order valence-electron chi connectivity index (χ3n) is 2.59. The fraction of sp³-hybridized carbons (Fsp3) is 1.00. The maximum Gasteiger partial charge on any atom is 0.453 e. The van der Waals surface area contributed by atoms with Gasteiger partial charge in [-0.05, 0) is 25.7 Å². The van der Waals surface area contributed by atoms with Gasteiger partial charge in [0.15, 0.2) is 0 Å². The molecule has 0 aromatic carbocycles. The number of alkyl halides is 6. The zero-order valence-corrected chi connectivity index (χ0v) is 12.9. The fourth-order valence-corrected chi connectivity index (χ4v) is 2.62. The lowest BCUT2D eigenvalue weighted by Gasteiger charge is -2.37. The molecule has 0 saturated heterocycles. The summed E-state index contributed by atoms with van der Waals surface area (Å²) < 4.78 is 61.4. The highest BCUT2D eigenvalue weighted by Crippen LogP contribution is 2.45. The molecule has 0 aliphatic carbocycles. The van der Waals surface area contributed by atoms with Crippen LogP contribution < -0.4 is 0 Å². The van der Waals surface area contributed by atoms with Gasteiger partial charge in [0.05, 0.1) is 5.60 Å². The average molecular weight is 388 g/mol. The van der Waals surface area contributed by atoms with Gasteiger partial charge in [0.1, 0.15) is 0 Å². The van der Waals surface area contributed by atoms with Gasteiger partial charge in [-0.15, -0.1) is 0 Å². The molecule has 0 aliphatic rings. The second-order valence-electron chi connectivity index (χ2n) is 5.85. The molecule has 7 heteroatoms. The molecule has 1 unspecified atom stereocenters. The van der Waals surface area contributed by atoms with Crippen molar-refractivity contribution >= 4 is 22.6 Å². The smallest absolute Gasteiger partial charge is 0.390 e. The Morgan fingerprint density at radius 1 is 1.00 bits per heavy atom. The molecular weight excluding hydrogens is 370 g/mol. The van der Waals surface area contributed by atoms with Crippen LogP contribution in [0.1, 0.15) is 40.5 Å². The molecule has 1 N–H and O–H groups in total. The highest BCUT2D eigenvalue weighted by Gasteiger charge is 2.58. The van der Waals surface area contributed by atoms with Crippen molar-refractivity contribution in [3.63, 3.8) is 0 Å². The van der Waals surface area contributed by atoms with Crippen LogP contribution in [0.15, 0.2) is 0 Å². The van der Waals surface area contributed by atoms with Gasteiger partial charge in [-0.25, -0.2) is 0 Å². The van der Waals surface area contributed by atoms with Crippen LogP contribution in [0.3, 0.4) is 0 Å². The quantitative estimate of drug-likeness (QED) is 0.416. The highest BCUT2D eigenvalue weighted by atomic mass is 127. The number of hydrogen-bond acceptors (Lipinski definition) is 1. The molecule has 0 aromatic rings. The first-order valence-corrected chi connectivity index (χ1v) is 6.64. The number of aliphatic hydroxyl groups is 1. The molecule has 0 saturated carbocycles. The summed E-state index contributed by atoms with van der Waals surface area (Å²) in [5, 5.41) is 9.65. The maximum absolute atomic E-state index is 13.0. The van der Waals surface area contributed by atoms with Gasteiger partial charge in [-0.3, -0.25) is 0 Å². The summed E-state index contributed by atoms with van der Waals surface area (Å²) in [5.41, 5.74) is -1.94. The van der Waals surface area contributed by atoms with Crippen molar-refractivity contribution in [1.82, 2.24) is 0 Å². The lowest BCUT2D eigenvalue weighted by atomic mass is 9.77. The van der Waals surface area contributed by atoms with Crippen LogP contribution in [0.5, 0.6) is 0 Å². The van der Waals surface area contributed by atoms with Crippen LogP contribution in [-0.2, 0) is 0 Å². The van der Waals surface area contributed by atoms with E-state index in [1.807, 2.05) is 0 Å². The van der Waals surface area contributed by atoms with Gasteiger partial charge in [-0.2, -0.15) is 22.0 Å². The third-order valence-corrected chi connectivity index (χ3v) is 4.71. The first kappa shape index (κ1) is 18.3. The molecule has 0 aromatic heterocycles. The maximum atomic E-state index is 13.0. The summed E-state index contributed by atoms with van der Waals surface area (Å²) in [5.74, 6) is -4.70. The number of halogens is 6. The third kappa shape index (κ3) is 5.54. The molecule has 0 aliphatic heterocycles. The van der Waals surface area contributed by atoms with E-state index in [9.17, 15) is 27.1 Å². The minimum Gasteiger partial charge on any atom is -0.390 e. The van der Waals surface area contributed by atoms with Crippen LogP contribution >= 0.6 is 22.6 Å². The van der Waals surface area contributed by atoms with Gasteiger partial charge in [0, 0.05) is 10.3 Å². The van der Waals surface area contributed by atoms with Crippen molar-refractivity contribution in [2.24, 2.45) is 5.41 Å². The van der Waals surface area contributed by atoms with Crippen molar-refractivity contribution in [2.45, 2.75) is 62.2 Å². The molecule has 110 valence electrons. The highest BCUT2D eigenvalue weighted by molar-refractivity contribution is 14.1. The molecule has 0 spiro atoms. The van der Waals surface area contributed by atoms with E-state index >= 15 is 0 Å². The van der Waals surface area contributed by atoms with E-state index in [-0.39, 0.29) is 6.42 Å². The molecule has 1 nitrogen and oxygen atoms in total. The van der Waals surface area contributed by atoms with Gasteiger partial charge in [0.2, 0.25) is 0 Å². The van der Waals surface area contributed by atoms with Gasteiger partial charge in [0.25, 0.3) is 0 Å². The van der Waals surface area contributed by atoms with Gasteiger partial charge in [-0.1, -0.05) is 36.4 Å². The van der Waals surface area contributed by atoms with Crippen molar-refractivity contribution < 1.29 is 27.1 Å². The van der Waals surface area contributed by atoms with Crippen LogP contribution in [0.4, 0.5) is 22.0 Å². The van der Waals surface area contributed by atoms with Crippen molar-refractivity contribution in [1.29, 1.82) is 0 Å². The molecule has 18 heavy (non-hydrogen) atoms. The molecule has 0 fully saturated rings. The van der Waals surface area contributed by atoms with Crippen LogP contribution in [0, 0.1) is 5.41 Å². The van der Waals surface area contributed by atoms with Gasteiger partial charge < -0.3 is 5.11 Å². The second-order valence-corrected chi connectivity index (χ2v) is 7.36. The molecule has 0 bridgehead atoms.